The van der Waals surface area contributed by atoms with Gasteiger partial charge in [0.05, 0.1) is 22.3 Å². The predicted octanol–water partition coefficient (Wildman–Crippen LogP) is 2.85. The number of carbonyl (C=O) groups excluding carboxylic acids is 1. The lowest BCUT2D eigenvalue weighted by Gasteiger charge is -2.24. The molecule has 7 heteroatoms. The van der Waals surface area contributed by atoms with Crippen LogP contribution in [0.1, 0.15) is 35.8 Å². The molecule has 1 aliphatic heterocycles. The number of aryl methyl sites for hydroxylation is 1. The van der Waals surface area contributed by atoms with E-state index >= 15 is 0 Å². The lowest BCUT2D eigenvalue weighted by Crippen LogP contribution is -2.40. The number of hydrogen-bond acceptors (Lipinski definition) is 5. The first kappa shape index (κ1) is 18.4. The number of likely N-dealkylation sites (tertiary alicyclic amines) is 1. The standard InChI is InChI=1S/C21H25N5O2/c1-13(26-9-3-4-10-26)12-22-21(28)17-11-18(15-5-7-16(27)8-6-15)23-20-19(17)14(2)24-25-20/h5-8,11,13,27H,3-4,9-10,12H2,1-2H3,(H,22,28)(H,23,24,25). The Balaban J connectivity index is 1.63. The van der Waals surface area contributed by atoms with E-state index in [1.165, 1.54) is 12.8 Å². The number of nitrogens with zero attached hydrogens (tertiary/aromatic N) is 3. The van der Waals surface area contributed by atoms with Crippen LogP contribution in [0.5, 0.6) is 5.75 Å². The molecule has 4 rings (SSSR count). The number of carbonyl (C=O) groups is 1. The van der Waals surface area contributed by atoms with Crippen LogP contribution in [0.25, 0.3) is 22.3 Å². The number of hydrogen-bond donors (Lipinski definition) is 3. The number of rotatable bonds is 5. The van der Waals surface area contributed by atoms with E-state index in [1.54, 1.807) is 30.3 Å². The third-order valence-corrected chi connectivity index (χ3v) is 5.44. The highest BCUT2D eigenvalue weighted by molar-refractivity contribution is 6.07. The van der Waals surface area contributed by atoms with E-state index in [-0.39, 0.29) is 11.7 Å². The molecule has 146 valence electrons. The zero-order chi connectivity index (χ0) is 19.7. The van der Waals surface area contributed by atoms with Crippen LogP contribution in [0.4, 0.5) is 0 Å². The van der Waals surface area contributed by atoms with E-state index in [0.717, 1.165) is 29.7 Å². The predicted molar refractivity (Wildman–Crippen MR) is 108 cm³/mol. The molecule has 7 nitrogen and oxygen atoms in total. The number of aromatic nitrogens is 3. The van der Waals surface area contributed by atoms with Crippen molar-refractivity contribution in [2.45, 2.75) is 32.7 Å². The van der Waals surface area contributed by atoms with Gasteiger partial charge in [-0.25, -0.2) is 4.98 Å². The highest BCUT2D eigenvalue weighted by atomic mass is 16.3. The average Bonchev–Trinajstić information content (AvgIpc) is 3.36. The van der Waals surface area contributed by atoms with Crippen LogP contribution < -0.4 is 5.32 Å². The summed E-state index contributed by atoms with van der Waals surface area (Å²) in [5, 5.41) is 20.5. The molecule has 0 aliphatic carbocycles. The van der Waals surface area contributed by atoms with Crippen molar-refractivity contribution in [3.8, 4) is 17.0 Å². The molecule has 28 heavy (non-hydrogen) atoms. The van der Waals surface area contributed by atoms with Crippen LogP contribution in [-0.2, 0) is 0 Å². The quantitative estimate of drug-likeness (QED) is 0.634. The summed E-state index contributed by atoms with van der Waals surface area (Å²) < 4.78 is 0. The Bertz CT molecular complexity index is 990. The minimum atomic E-state index is -0.122. The monoisotopic (exact) mass is 379 g/mol. The van der Waals surface area contributed by atoms with Gasteiger partial charge in [-0.05, 0) is 70.1 Å². The van der Waals surface area contributed by atoms with E-state index in [2.05, 4.69) is 32.3 Å². The summed E-state index contributed by atoms with van der Waals surface area (Å²) >= 11 is 0. The number of aromatic hydroxyl groups is 1. The minimum absolute atomic E-state index is 0.122. The van der Waals surface area contributed by atoms with Crippen LogP contribution in [0.15, 0.2) is 30.3 Å². The number of H-pyrrole nitrogens is 1. The Morgan fingerprint density at radius 3 is 2.71 bits per heavy atom. The van der Waals surface area contributed by atoms with Gasteiger partial charge in [-0.15, -0.1) is 0 Å². The highest BCUT2D eigenvalue weighted by Gasteiger charge is 2.21. The first-order valence-corrected chi connectivity index (χ1v) is 9.70. The number of amides is 1. The molecule has 1 saturated heterocycles. The maximum absolute atomic E-state index is 13.0. The fourth-order valence-electron chi connectivity index (χ4n) is 3.79. The Kier molecular flexibility index (Phi) is 5.00. The largest absolute Gasteiger partial charge is 0.508 e. The number of phenolic OH excluding ortho intramolecular Hbond substituents is 1. The minimum Gasteiger partial charge on any atom is -0.508 e. The van der Waals surface area contributed by atoms with Crippen molar-refractivity contribution in [3.63, 3.8) is 0 Å². The molecular weight excluding hydrogens is 354 g/mol. The first-order valence-electron chi connectivity index (χ1n) is 9.70. The van der Waals surface area contributed by atoms with Crippen molar-refractivity contribution >= 4 is 16.9 Å². The summed E-state index contributed by atoms with van der Waals surface area (Å²) in [7, 11) is 0. The SMILES string of the molecule is Cc1n[nH]c2nc(-c3ccc(O)cc3)cc(C(=O)NCC(C)N3CCCC3)c12. The maximum atomic E-state index is 13.0. The second-order valence-electron chi connectivity index (χ2n) is 7.44. The van der Waals surface area contributed by atoms with Crippen molar-refractivity contribution in [3.05, 3.63) is 41.6 Å². The van der Waals surface area contributed by atoms with Crippen LogP contribution >= 0.6 is 0 Å². The van der Waals surface area contributed by atoms with E-state index in [4.69, 9.17) is 0 Å². The van der Waals surface area contributed by atoms with E-state index in [1.807, 2.05) is 6.92 Å². The first-order chi connectivity index (χ1) is 13.5. The molecular formula is C21H25N5O2. The summed E-state index contributed by atoms with van der Waals surface area (Å²) in [4.78, 5) is 20.0. The van der Waals surface area contributed by atoms with Crippen molar-refractivity contribution in [2.75, 3.05) is 19.6 Å². The number of phenols is 1. The van der Waals surface area contributed by atoms with E-state index in [0.29, 0.717) is 29.5 Å². The third-order valence-electron chi connectivity index (χ3n) is 5.44. The summed E-state index contributed by atoms with van der Waals surface area (Å²) in [5.74, 6) is 0.0686. The molecule has 1 amide bonds. The van der Waals surface area contributed by atoms with Gasteiger partial charge in [-0.1, -0.05) is 0 Å². The number of benzene rings is 1. The number of fused-ring (bicyclic) bond motifs is 1. The van der Waals surface area contributed by atoms with Crippen molar-refractivity contribution < 1.29 is 9.90 Å². The van der Waals surface area contributed by atoms with Crippen LogP contribution in [0.3, 0.4) is 0 Å². The average molecular weight is 379 g/mol. The second kappa shape index (κ2) is 7.59. The van der Waals surface area contributed by atoms with Crippen molar-refractivity contribution in [1.29, 1.82) is 0 Å². The van der Waals surface area contributed by atoms with Crippen molar-refractivity contribution in [1.82, 2.24) is 25.4 Å². The summed E-state index contributed by atoms with van der Waals surface area (Å²) in [6.07, 6.45) is 2.46. The molecule has 1 aliphatic rings. The Morgan fingerprint density at radius 1 is 1.29 bits per heavy atom. The molecule has 0 bridgehead atoms. The molecule has 3 heterocycles. The molecule has 1 unspecified atom stereocenters. The summed E-state index contributed by atoms with van der Waals surface area (Å²) in [6, 6.07) is 8.89. The van der Waals surface area contributed by atoms with Gasteiger partial charge in [0, 0.05) is 18.2 Å². The molecule has 1 atom stereocenters. The Labute approximate surface area is 163 Å². The Morgan fingerprint density at radius 2 is 2.00 bits per heavy atom. The zero-order valence-electron chi connectivity index (χ0n) is 16.2. The van der Waals surface area contributed by atoms with Crippen LogP contribution in [0.2, 0.25) is 0 Å². The van der Waals surface area contributed by atoms with E-state index < -0.39 is 0 Å². The van der Waals surface area contributed by atoms with Gasteiger partial charge >= 0.3 is 0 Å². The Hall–Kier alpha value is -2.93. The molecule has 3 aromatic rings. The van der Waals surface area contributed by atoms with Gasteiger partial charge in [0.25, 0.3) is 5.91 Å². The maximum Gasteiger partial charge on any atom is 0.252 e. The zero-order valence-corrected chi connectivity index (χ0v) is 16.2. The summed E-state index contributed by atoms with van der Waals surface area (Å²) in [6.45, 7) is 6.82. The smallest absolute Gasteiger partial charge is 0.252 e. The molecule has 1 aromatic carbocycles. The van der Waals surface area contributed by atoms with Gasteiger partial charge < -0.3 is 10.4 Å². The normalized spacial score (nSPS) is 15.8. The fourth-order valence-corrected chi connectivity index (χ4v) is 3.79. The lowest BCUT2D eigenvalue weighted by atomic mass is 10.0. The lowest BCUT2D eigenvalue weighted by molar-refractivity contribution is 0.0942. The van der Waals surface area contributed by atoms with Gasteiger partial charge in [0.15, 0.2) is 5.65 Å². The molecule has 0 radical (unpaired) electrons. The van der Waals surface area contributed by atoms with Gasteiger partial charge in [0.2, 0.25) is 0 Å². The molecule has 0 spiro atoms. The number of aromatic amines is 1. The molecule has 2 aromatic heterocycles. The van der Waals surface area contributed by atoms with Gasteiger partial charge in [-0.3, -0.25) is 14.8 Å². The topological polar surface area (TPSA) is 94.1 Å². The van der Waals surface area contributed by atoms with E-state index in [9.17, 15) is 9.90 Å². The van der Waals surface area contributed by atoms with Crippen molar-refractivity contribution in [2.24, 2.45) is 0 Å². The molecule has 1 fully saturated rings. The summed E-state index contributed by atoms with van der Waals surface area (Å²) in [5.41, 5.74) is 3.38. The number of nitrogens with one attached hydrogen (secondary N) is 2. The second-order valence-corrected chi connectivity index (χ2v) is 7.44. The third kappa shape index (κ3) is 3.57. The molecule has 0 saturated carbocycles. The molecule has 3 N–H and O–H groups in total. The highest BCUT2D eigenvalue weighted by Crippen LogP contribution is 2.27. The van der Waals surface area contributed by atoms with Gasteiger partial charge in [0.1, 0.15) is 5.75 Å². The number of pyridine rings is 1. The fraction of sp³-hybridized carbons (Fsp3) is 0.381. The van der Waals surface area contributed by atoms with Crippen LogP contribution in [0, 0.1) is 6.92 Å². The van der Waals surface area contributed by atoms with Crippen LogP contribution in [-0.4, -0.2) is 56.8 Å². The van der Waals surface area contributed by atoms with Gasteiger partial charge in [-0.2, -0.15) is 5.10 Å².